The Bertz CT molecular complexity index is 661. The zero-order valence-corrected chi connectivity index (χ0v) is 12.7. The molecule has 0 spiro atoms. The van der Waals surface area contributed by atoms with Crippen molar-refractivity contribution in [1.82, 2.24) is 0 Å². The van der Waals surface area contributed by atoms with Gasteiger partial charge in [-0.1, -0.05) is 31.5 Å². The van der Waals surface area contributed by atoms with E-state index >= 15 is 0 Å². The first-order valence-corrected chi connectivity index (χ1v) is 7.35. The van der Waals surface area contributed by atoms with Crippen molar-refractivity contribution in [2.45, 2.75) is 25.9 Å². The molecule has 2 aromatic rings. The van der Waals surface area contributed by atoms with Crippen molar-refractivity contribution < 1.29 is 22.7 Å². The number of aldehydes is 1. The van der Waals surface area contributed by atoms with Gasteiger partial charge in [0.1, 0.15) is 12.0 Å². The monoisotopic (exact) mass is 322 g/mol. The Hall–Kier alpha value is -2.30. The molecule has 0 aliphatic rings. The molecule has 23 heavy (non-hydrogen) atoms. The summed E-state index contributed by atoms with van der Waals surface area (Å²) in [6.07, 6.45) is -1.83. The minimum atomic E-state index is -4.36. The third-order valence-electron chi connectivity index (χ3n) is 3.42. The highest BCUT2D eigenvalue weighted by atomic mass is 19.4. The molecular formula is C18H17F3O2. The molecule has 0 fully saturated rings. The molecule has 0 bridgehead atoms. The molecule has 0 unspecified atom stereocenters. The Labute approximate surface area is 132 Å². The molecule has 0 atom stereocenters. The lowest BCUT2D eigenvalue weighted by molar-refractivity contribution is -0.137. The molecule has 2 rings (SSSR count). The molecule has 0 aromatic heterocycles. The number of ether oxygens (including phenoxy) is 1. The molecule has 0 radical (unpaired) electrons. The van der Waals surface area contributed by atoms with Crippen LogP contribution in [0.15, 0.2) is 42.5 Å². The van der Waals surface area contributed by atoms with Crippen LogP contribution in [0, 0.1) is 0 Å². The molecule has 2 nitrogen and oxygen atoms in total. The second-order valence-electron chi connectivity index (χ2n) is 5.15. The van der Waals surface area contributed by atoms with Crippen molar-refractivity contribution in [1.29, 1.82) is 0 Å². The Balaban J connectivity index is 2.35. The average Bonchev–Trinajstić information content (AvgIpc) is 2.54. The van der Waals surface area contributed by atoms with E-state index in [9.17, 15) is 18.0 Å². The minimum absolute atomic E-state index is 0.465. The summed E-state index contributed by atoms with van der Waals surface area (Å²) in [5, 5.41) is 0. The van der Waals surface area contributed by atoms with E-state index in [1.54, 1.807) is 18.2 Å². The van der Waals surface area contributed by atoms with E-state index in [2.05, 4.69) is 0 Å². The van der Waals surface area contributed by atoms with Gasteiger partial charge in [0.05, 0.1) is 12.2 Å². The number of hydrogen-bond donors (Lipinski definition) is 0. The fourth-order valence-electron chi connectivity index (χ4n) is 2.14. The molecule has 0 amide bonds. The number of alkyl halides is 3. The number of rotatable bonds is 6. The van der Waals surface area contributed by atoms with Crippen LogP contribution in [0.4, 0.5) is 13.2 Å². The van der Waals surface area contributed by atoms with E-state index in [-0.39, 0.29) is 0 Å². The van der Waals surface area contributed by atoms with Gasteiger partial charge in [-0.25, -0.2) is 0 Å². The van der Waals surface area contributed by atoms with Gasteiger partial charge in [0.2, 0.25) is 0 Å². The van der Waals surface area contributed by atoms with Crippen LogP contribution in [0.25, 0.3) is 11.1 Å². The van der Waals surface area contributed by atoms with E-state index in [0.29, 0.717) is 35.3 Å². The van der Waals surface area contributed by atoms with Crippen molar-refractivity contribution in [2.24, 2.45) is 0 Å². The first-order chi connectivity index (χ1) is 11.0. The number of hydrogen-bond acceptors (Lipinski definition) is 2. The zero-order chi connectivity index (χ0) is 16.9. The Morgan fingerprint density at radius 3 is 2.35 bits per heavy atom. The predicted molar refractivity (Wildman–Crippen MR) is 82.7 cm³/mol. The van der Waals surface area contributed by atoms with Gasteiger partial charge in [-0.2, -0.15) is 13.2 Å². The normalized spacial score (nSPS) is 11.3. The van der Waals surface area contributed by atoms with Gasteiger partial charge in [0.25, 0.3) is 0 Å². The number of carbonyl (C=O) groups excluding carboxylic acids is 1. The summed E-state index contributed by atoms with van der Waals surface area (Å²) in [7, 11) is 0. The smallest absolute Gasteiger partial charge is 0.416 e. The maximum Gasteiger partial charge on any atom is 0.416 e. The fraction of sp³-hybridized carbons (Fsp3) is 0.278. The van der Waals surface area contributed by atoms with E-state index in [1.807, 2.05) is 6.92 Å². The van der Waals surface area contributed by atoms with Crippen molar-refractivity contribution in [2.75, 3.05) is 6.61 Å². The molecule has 5 heteroatoms. The summed E-state index contributed by atoms with van der Waals surface area (Å²) >= 11 is 0. The topological polar surface area (TPSA) is 26.3 Å². The second-order valence-corrected chi connectivity index (χ2v) is 5.15. The summed E-state index contributed by atoms with van der Waals surface area (Å²) in [5.41, 5.74) is 1.05. The van der Waals surface area contributed by atoms with Crippen LogP contribution in [0.2, 0.25) is 0 Å². The molecule has 0 saturated carbocycles. The summed E-state index contributed by atoms with van der Waals surface area (Å²) < 4.78 is 43.6. The lowest BCUT2D eigenvalue weighted by Gasteiger charge is -2.13. The van der Waals surface area contributed by atoms with E-state index in [1.165, 1.54) is 12.1 Å². The first kappa shape index (κ1) is 17.1. The number of unbranched alkanes of at least 4 members (excludes halogenated alkanes) is 1. The van der Waals surface area contributed by atoms with Crippen LogP contribution in [0.1, 0.15) is 35.7 Å². The third kappa shape index (κ3) is 4.34. The van der Waals surface area contributed by atoms with Crippen molar-refractivity contribution in [3.8, 4) is 16.9 Å². The fourth-order valence-corrected chi connectivity index (χ4v) is 2.14. The molecule has 2 aromatic carbocycles. The highest BCUT2D eigenvalue weighted by molar-refractivity contribution is 5.80. The summed E-state index contributed by atoms with van der Waals surface area (Å²) in [6, 6.07) is 9.81. The van der Waals surface area contributed by atoms with Gasteiger partial charge in [-0.05, 0) is 36.2 Å². The first-order valence-electron chi connectivity index (χ1n) is 7.35. The maximum absolute atomic E-state index is 12.6. The SMILES string of the molecule is CCCCOc1cc(C=O)ccc1-c1ccc(C(F)(F)F)cc1. The van der Waals surface area contributed by atoms with Gasteiger partial charge in [-0.15, -0.1) is 0 Å². The average molecular weight is 322 g/mol. The van der Waals surface area contributed by atoms with Gasteiger partial charge in [-0.3, -0.25) is 4.79 Å². The van der Waals surface area contributed by atoms with Crippen LogP contribution in [-0.4, -0.2) is 12.9 Å². The maximum atomic E-state index is 12.6. The van der Waals surface area contributed by atoms with Crippen LogP contribution >= 0.6 is 0 Å². The Morgan fingerprint density at radius 1 is 1.09 bits per heavy atom. The zero-order valence-electron chi connectivity index (χ0n) is 12.7. The van der Waals surface area contributed by atoms with Crippen LogP contribution in [-0.2, 0) is 6.18 Å². The van der Waals surface area contributed by atoms with Gasteiger partial charge in [0, 0.05) is 11.1 Å². The largest absolute Gasteiger partial charge is 0.493 e. The van der Waals surface area contributed by atoms with Crippen molar-refractivity contribution >= 4 is 6.29 Å². The van der Waals surface area contributed by atoms with Crippen molar-refractivity contribution in [3.63, 3.8) is 0 Å². The lowest BCUT2D eigenvalue weighted by atomic mass is 10.0. The molecule has 122 valence electrons. The number of halogens is 3. The number of carbonyl (C=O) groups is 1. The van der Waals surface area contributed by atoms with Gasteiger partial charge in [0.15, 0.2) is 0 Å². The van der Waals surface area contributed by atoms with E-state index in [4.69, 9.17) is 4.74 Å². The predicted octanol–water partition coefficient (Wildman–Crippen LogP) is 5.36. The number of benzene rings is 2. The van der Waals surface area contributed by atoms with Crippen LogP contribution < -0.4 is 4.74 Å². The highest BCUT2D eigenvalue weighted by Crippen LogP contribution is 2.34. The van der Waals surface area contributed by atoms with Crippen LogP contribution in [0.3, 0.4) is 0 Å². The third-order valence-corrected chi connectivity index (χ3v) is 3.42. The van der Waals surface area contributed by atoms with Crippen LogP contribution in [0.5, 0.6) is 5.75 Å². The molecule has 0 saturated heterocycles. The van der Waals surface area contributed by atoms with Crippen molar-refractivity contribution in [3.05, 3.63) is 53.6 Å². The summed E-state index contributed by atoms with van der Waals surface area (Å²) in [5.74, 6) is 0.503. The van der Waals surface area contributed by atoms with E-state index in [0.717, 1.165) is 25.0 Å². The molecule has 0 heterocycles. The summed E-state index contributed by atoms with van der Waals surface area (Å²) in [6.45, 7) is 2.52. The Morgan fingerprint density at radius 2 is 1.78 bits per heavy atom. The Kier molecular flexibility index (Phi) is 5.42. The van der Waals surface area contributed by atoms with Gasteiger partial charge < -0.3 is 4.74 Å². The minimum Gasteiger partial charge on any atom is -0.493 e. The molecule has 0 aliphatic heterocycles. The quantitative estimate of drug-likeness (QED) is 0.528. The standard InChI is InChI=1S/C18H17F3O2/c1-2-3-10-23-17-11-13(12-22)4-9-16(17)14-5-7-15(8-6-14)18(19,20)21/h4-9,11-12H,2-3,10H2,1H3. The van der Waals surface area contributed by atoms with Gasteiger partial charge >= 0.3 is 6.18 Å². The lowest BCUT2D eigenvalue weighted by Crippen LogP contribution is -2.04. The summed E-state index contributed by atoms with van der Waals surface area (Å²) in [4.78, 5) is 10.9. The van der Waals surface area contributed by atoms with E-state index < -0.39 is 11.7 Å². The molecule has 0 aliphatic carbocycles. The second kappa shape index (κ2) is 7.31. The highest BCUT2D eigenvalue weighted by Gasteiger charge is 2.30. The molecule has 0 N–H and O–H groups in total. The molecular weight excluding hydrogens is 305 g/mol.